The summed E-state index contributed by atoms with van der Waals surface area (Å²) in [4.78, 5) is 15.4. The lowest BCUT2D eigenvalue weighted by Gasteiger charge is -2.33. The molecule has 0 bridgehead atoms. The van der Waals surface area contributed by atoms with E-state index < -0.39 is 0 Å². The number of nitro groups is 1. The van der Waals surface area contributed by atoms with Gasteiger partial charge in [0.15, 0.2) is 0 Å². The third-order valence-electron chi connectivity index (χ3n) is 3.71. The summed E-state index contributed by atoms with van der Waals surface area (Å²) in [6, 6.07) is 6.84. The highest BCUT2D eigenvalue weighted by atomic mass is 16.6. The van der Waals surface area contributed by atoms with E-state index in [1.54, 1.807) is 18.2 Å². The molecule has 1 heterocycles. The third-order valence-corrected chi connectivity index (χ3v) is 3.71. The quantitative estimate of drug-likeness (QED) is 0.611. The van der Waals surface area contributed by atoms with Crippen molar-refractivity contribution >= 4 is 11.8 Å². The lowest BCUT2D eigenvalue weighted by molar-refractivity contribution is -0.385. The molecule has 0 atom stereocenters. The zero-order chi connectivity index (χ0) is 14.4. The number of hydrogen-bond acceptors (Lipinski definition) is 4. The molecule has 1 aromatic carbocycles. The van der Waals surface area contributed by atoms with Crippen LogP contribution in [0.3, 0.4) is 0 Å². The van der Waals surface area contributed by atoms with Gasteiger partial charge in [-0.15, -0.1) is 0 Å². The number of likely N-dealkylation sites (N-methyl/N-ethyl adjacent to an activating group) is 1. The van der Waals surface area contributed by atoms with Gasteiger partial charge in [0.2, 0.25) is 0 Å². The van der Waals surface area contributed by atoms with Crippen molar-refractivity contribution in [3.05, 3.63) is 46.0 Å². The lowest BCUT2D eigenvalue weighted by Crippen LogP contribution is -2.45. The topological polar surface area (TPSA) is 49.6 Å². The van der Waals surface area contributed by atoms with Crippen molar-refractivity contribution in [2.24, 2.45) is 0 Å². The van der Waals surface area contributed by atoms with E-state index >= 15 is 0 Å². The van der Waals surface area contributed by atoms with E-state index in [1.165, 1.54) is 0 Å². The van der Waals surface area contributed by atoms with E-state index in [1.807, 2.05) is 18.2 Å². The second-order valence-electron chi connectivity index (χ2n) is 4.95. The van der Waals surface area contributed by atoms with Gasteiger partial charge in [-0.1, -0.05) is 31.2 Å². The van der Waals surface area contributed by atoms with Crippen molar-refractivity contribution < 1.29 is 4.92 Å². The molecule has 0 spiro atoms. The van der Waals surface area contributed by atoms with E-state index in [-0.39, 0.29) is 10.6 Å². The second-order valence-corrected chi connectivity index (χ2v) is 4.95. The highest BCUT2D eigenvalue weighted by Gasteiger charge is 2.14. The van der Waals surface area contributed by atoms with E-state index in [4.69, 9.17) is 0 Å². The molecule has 5 heteroatoms. The monoisotopic (exact) mass is 275 g/mol. The van der Waals surface area contributed by atoms with Gasteiger partial charge in [0.1, 0.15) is 0 Å². The van der Waals surface area contributed by atoms with Crippen LogP contribution in [-0.4, -0.2) is 54.0 Å². The first-order valence-electron chi connectivity index (χ1n) is 7.05. The summed E-state index contributed by atoms with van der Waals surface area (Å²) >= 11 is 0. The van der Waals surface area contributed by atoms with Crippen LogP contribution in [0.15, 0.2) is 30.3 Å². The van der Waals surface area contributed by atoms with Crippen LogP contribution >= 0.6 is 0 Å². The highest BCUT2D eigenvalue weighted by Crippen LogP contribution is 2.18. The number of nitrogens with zero attached hydrogens (tertiary/aromatic N) is 3. The Morgan fingerprint density at radius 3 is 2.50 bits per heavy atom. The molecule has 0 aliphatic carbocycles. The molecule has 108 valence electrons. The minimum Gasteiger partial charge on any atom is -0.301 e. The standard InChI is InChI=1S/C15H21N3O2/c1-2-16-10-12-17(13-11-16)9-5-7-14-6-3-4-8-15(14)18(19)20/h3-8H,2,9-13H2,1H3/b7-5+. The molecule has 1 aliphatic rings. The smallest absolute Gasteiger partial charge is 0.276 e. The van der Waals surface area contributed by atoms with Gasteiger partial charge in [0.25, 0.3) is 5.69 Å². The molecule has 20 heavy (non-hydrogen) atoms. The fraction of sp³-hybridized carbons (Fsp3) is 0.467. The van der Waals surface area contributed by atoms with E-state index in [9.17, 15) is 10.1 Å². The molecule has 1 saturated heterocycles. The summed E-state index contributed by atoms with van der Waals surface area (Å²) in [6.07, 6.45) is 3.87. The molecule has 2 rings (SSSR count). The number of rotatable bonds is 5. The first kappa shape index (κ1) is 14.7. The molecule has 0 radical (unpaired) electrons. The maximum absolute atomic E-state index is 10.9. The minimum absolute atomic E-state index is 0.166. The van der Waals surface area contributed by atoms with Crippen LogP contribution in [-0.2, 0) is 0 Å². The first-order valence-corrected chi connectivity index (χ1v) is 7.05. The fourth-order valence-corrected chi connectivity index (χ4v) is 2.41. The van der Waals surface area contributed by atoms with Gasteiger partial charge < -0.3 is 4.90 Å². The van der Waals surface area contributed by atoms with Gasteiger partial charge in [0.05, 0.1) is 10.5 Å². The lowest BCUT2D eigenvalue weighted by atomic mass is 10.1. The average Bonchev–Trinajstić information content (AvgIpc) is 2.48. The largest absolute Gasteiger partial charge is 0.301 e. The van der Waals surface area contributed by atoms with Crippen LogP contribution in [0.25, 0.3) is 6.08 Å². The fourth-order valence-electron chi connectivity index (χ4n) is 2.41. The van der Waals surface area contributed by atoms with Crippen LogP contribution in [0, 0.1) is 10.1 Å². The number of nitro benzene ring substituents is 1. The molecule has 1 fully saturated rings. The van der Waals surface area contributed by atoms with Crippen molar-refractivity contribution in [1.29, 1.82) is 0 Å². The minimum atomic E-state index is -0.334. The van der Waals surface area contributed by atoms with Crippen molar-refractivity contribution in [2.45, 2.75) is 6.92 Å². The average molecular weight is 275 g/mol. The summed E-state index contributed by atoms with van der Waals surface area (Å²) in [6.45, 7) is 8.49. The van der Waals surface area contributed by atoms with Gasteiger partial charge in [0, 0.05) is 38.8 Å². The van der Waals surface area contributed by atoms with Gasteiger partial charge in [-0.2, -0.15) is 0 Å². The van der Waals surface area contributed by atoms with E-state index in [0.29, 0.717) is 5.56 Å². The third kappa shape index (κ3) is 3.88. The molecule has 5 nitrogen and oxygen atoms in total. The van der Waals surface area contributed by atoms with Crippen LogP contribution in [0.1, 0.15) is 12.5 Å². The Hall–Kier alpha value is -1.72. The SMILES string of the molecule is CCN1CCN(C/C=C/c2ccccc2[N+](=O)[O-])CC1. The Labute approximate surface area is 119 Å². The van der Waals surface area contributed by atoms with Crippen LogP contribution in [0.2, 0.25) is 0 Å². The first-order chi connectivity index (χ1) is 9.70. The van der Waals surface area contributed by atoms with Gasteiger partial charge in [-0.25, -0.2) is 0 Å². The van der Waals surface area contributed by atoms with E-state index in [2.05, 4.69) is 16.7 Å². The number of benzene rings is 1. The van der Waals surface area contributed by atoms with Crippen LogP contribution in [0.4, 0.5) is 5.69 Å². The van der Waals surface area contributed by atoms with Crippen molar-refractivity contribution in [1.82, 2.24) is 9.80 Å². The van der Waals surface area contributed by atoms with Crippen molar-refractivity contribution in [3.8, 4) is 0 Å². The Morgan fingerprint density at radius 2 is 1.85 bits per heavy atom. The van der Waals surface area contributed by atoms with Gasteiger partial charge in [-0.3, -0.25) is 15.0 Å². The van der Waals surface area contributed by atoms with E-state index in [0.717, 1.165) is 39.3 Å². The number of piperazine rings is 1. The zero-order valence-corrected chi connectivity index (χ0v) is 11.9. The number of para-hydroxylation sites is 1. The summed E-state index contributed by atoms with van der Waals surface area (Å²) in [5.41, 5.74) is 0.837. The van der Waals surface area contributed by atoms with Crippen molar-refractivity contribution in [2.75, 3.05) is 39.3 Å². The Kier molecular flexibility index (Phi) is 5.26. The summed E-state index contributed by atoms with van der Waals surface area (Å²) in [7, 11) is 0. The van der Waals surface area contributed by atoms with Gasteiger partial charge >= 0.3 is 0 Å². The summed E-state index contributed by atoms with van der Waals surface area (Å²) in [5.74, 6) is 0. The second kappa shape index (κ2) is 7.17. The Morgan fingerprint density at radius 1 is 1.20 bits per heavy atom. The molecule has 0 saturated carbocycles. The summed E-state index contributed by atoms with van der Waals surface area (Å²) < 4.78 is 0. The maximum atomic E-state index is 10.9. The maximum Gasteiger partial charge on any atom is 0.276 e. The predicted octanol–water partition coefficient (Wildman–Crippen LogP) is 2.25. The molecule has 1 aliphatic heterocycles. The molecule has 0 N–H and O–H groups in total. The van der Waals surface area contributed by atoms with Gasteiger partial charge in [-0.05, 0) is 12.6 Å². The molecular formula is C15H21N3O2. The molecular weight excluding hydrogens is 254 g/mol. The van der Waals surface area contributed by atoms with Crippen LogP contribution < -0.4 is 0 Å². The molecule has 0 amide bonds. The normalized spacial score (nSPS) is 17.6. The molecule has 1 aromatic rings. The molecule has 0 unspecified atom stereocenters. The Bertz CT molecular complexity index is 480. The highest BCUT2D eigenvalue weighted by molar-refractivity contribution is 5.60. The Balaban J connectivity index is 1.90. The molecule has 0 aromatic heterocycles. The van der Waals surface area contributed by atoms with Crippen LogP contribution in [0.5, 0.6) is 0 Å². The zero-order valence-electron chi connectivity index (χ0n) is 11.9. The number of hydrogen-bond donors (Lipinski definition) is 0. The summed E-state index contributed by atoms with van der Waals surface area (Å²) in [5, 5.41) is 10.9. The predicted molar refractivity (Wildman–Crippen MR) is 80.7 cm³/mol. The van der Waals surface area contributed by atoms with Crippen molar-refractivity contribution in [3.63, 3.8) is 0 Å².